The van der Waals surface area contributed by atoms with Gasteiger partial charge in [0.2, 0.25) is 0 Å². The van der Waals surface area contributed by atoms with Gasteiger partial charge in [0.1, 0.15) is 5.75 Å². The van der Waals surface area contributed by atoms with E-state index in [0.717, 1.165) is 17.7 Å². The monoisotopic (exact) mass is 292 g/mol. The van der Waals surface area contributed by atoms with Crippen molar-refractivity contribution in [2.75, 3.05) is 0 Å². The first-order chi connectivity index (χ1) is 9.95. The molecule has 0 saturated carbocycles. The van der Waals surface area contributed by atoms with Crippen molar-refractivity contribution in [3.05, 3.63) is 65.2 Å². The molecule has 108 valence electrons. The topological polar surface area (TPSA) is 26.3 Å². The molecule has 0 bridgehead atoms. The number of ether oxygens (including phenoxy) is 1. The first kappa shape index (κ1) is 13.7. The van der Waals surface area contributed by atoms with Gasteiger partial charge >= 0.3 is 6.18 Å². The highest BCUT2D eigenvalue weighted by molar-refractivity contribution is 5.88. The zero-order valence-corrected chi connectivity index (χ0v) is 10.9. The number of benzene rings is 2. The van der Waals surface area contributed by atoms with Crippen LogP contribution >= 0.6 is 0 Å². The molecule has 3 rings (SSSR count). The van der Waals surface area contributed by atoms with E-state index in [4.69, 9.17) is 4.74 Å². The molecule has 1 aliphatic rings. The Labute approximate surface area is 119 Å². The van der Waals surface area contributed by atoms with Gasteiger partial charge in [0.05, 0.1) is 5.56 Å². The quantitative estimate of drug-likeness (QED) is 0.795. The van der Waals surface area contributed by atoms with Gasteiger partial charge in [-0.05, 0) is 23.8 Å². The van der Waals surface area contributed by atoms with E-state index in [0.29, 0.717) is 11.3 Å². The van der Waals surface area contributed by atoms with Crippen LogP contribution in [0.5, 0.6) is 5.75 Å². The summed E-state index contributed by atoms with van der Waals surface area (Å²) in [5, 5.41) is 0. The van der Waals surface area contributed by atoms with E-state index < -0.39 is 17.8 Å². The SMILES string of the molecule is O=C1Cc2ccccc2OC1c1ccc(C(F)(F)F)cc1. The molecule has 1 unspecified atom stereocenters. The van der Waals surface area contributed by atoms with E-state index in [1.807, 2.05) is 6.07 Å². The van der Waals surface area contributed by atoms with E-state index >= 15 is 0 Å². The van der Waals surface area contributed by atoms with Crippen molar-refractivity contribution in [3.8, 4) is 5.75 Å². The number of ketones is 1. The second-order valence-electron chi connectivity index (χ2n) is 4.87. The van der Waals surface area contributed by atoms with Crippen LogP contribution in [0.3, 0.4) is 0 Å². The highest BCUT2D eigenvalue weighted by atomic mass is 19.4. The Morgan fingerprint density at radius 2 is 1.67 bits per heavy atom. The van der Waals surface area contributed by atoms with Gasteiger partial charge < -0.3 is 4.74 Å². The van der Waals surface area contributed by atoms with Gasteiger partial charge in [-0.15, -0.1) is 0 Å². The molecule has 0 spiro atoms. The third-order valence-electron chi connectivity index (χ3n) is 3.42. The molecule has 1 atom stereocenters. The maximum atomic E-state index is 12.5. The van der Waals surface area contributed by atoms with Crippen LogP contribution in [0.4, 0.5) is 13.2 Å². The number of hydrogen-bond donors (Lipinski definition) is 0. The van der Waals surface area contributed by atoms with Crippen LogP contribution in [0.15, 0.2) is 48.5 Å². The van der Waals surface area contributed by atoms with Gasteiger partial charge in [-0.2, -0.15) is 13.2 Å². The molecule has 1 heterocycles. The molecule has 0 amide bonds. The predicted octanol–water partition coefficient (Wildman–Crippen LogP) is 3.95. The molecule has 0 aromatic heterocycles. The lowest BCUT2D eigenvalue weighted by Crippen LogP contribution is -2.25. The average molecular weight is 292 g/mol. The normalized spacial score (nSPS) is 18.0. The van der Waals surface area contributed by atoms with Crippen LogP contribution < -0.4 is 4.74 Å². The highest BCUT2D eigenvalue weighted by Crippen LogP contribution is 2.34. The van der Waals surface area contributed by atoms with Crippen LogP contribution in [0, 0.1) is 0 Å². The van der Waals surface area contributed by atoms with E-state index in [9.17, 15) is 18.0 Å². The minimum absolute atomic E-state index is 0.159. The Kier molecular flexibility index (Phi) is 3.20. The second kappa shape index (κ2) is 4.91. The minimum atomic E-state index is -4.39. The molecular formula is C16H11F3O2. The maximum absolute atomic E-state index is 12.5. The number of carbonyl (C=O) groups excluding carboxylic acids is 1. The van der Waals surface area contributed by atoms with Crippen LogP contribution in [-0.2, 0) is 17.4 Å². The Morgan fingerprint density at radius 1 is 1.00 bits per heavy atom. The molecule has 5 heteroatoms. The summed E-state index contributed by atoms with van der Waals surface area (Å²) >= 11 is 0. The van der Waals surface area contributed by atoms with Gasteiger partial charge in [-0.25, -0.2) is 0 Å². The van der Waals surface area contributed by atoms with Crippen LogP contribution in [0.2, 0.25) is 0 Å². The average Bonchev–Trinajstić information content (AvgIpc) is 2.46. The van der Waals surface area contributed by atoms with Crippen molar-refractivity contribution in [1.29, 1.82) is 0 Å². The molecule has 2 nitrogen and oxygen atoms in total. The third kappa shape index (κ3) is 2.63. The second-order valence-corrected chi connectivity index (χ2v) is 4.87. The fourth-order valence-corrected chi connectivity index (χ4v) is 2.34. The number of Topliss-reactive ketones (excluding diaryl/α,β-unsaturated/α-hetero) is 1. The number of para-hydroxylation sites is 1. The lowest BCUT2D eigenvalue weighted by Gasteiger charge is -2.25. The van der Waals surface area contributed by atoms with Gasteiger partial charge in [-0.3, -0.25) is 4.79 Å². The summed E-state index contributed by atoms with van der Waals surface area (Å²) in [6.07, 6.45) is -5.01. The zero-order chi connectivity index (χ0) is 15.0. The Hall–Kier alpha value is -2.30. The Balaban J connectivity index is 1.89. The molecule has 0 N–H and O–H groups in total. The summed E-state index contributed by atoms with van der Waals surface area (Å²) in [7, 11) is 0. The van der Waals surface area contributed by atoms with Crippen molar-refractivity contribution in [1.82, 2.24) is 0 Å². The standard InChI is InChI=1S/C16H11F3O2/c17-16(18,19)12-7-5-10(6-8-12)15-13(20)9-11-3-1-2-4-14(11)21-15/h1-8,15H,9H2. The largest absolute Gasteiger partial charge is 0.478 e. The van der Waals surface area contributed by atoms with Gasteiger partial charge in [-0.1, -0.05) is 30.3 Å². The van der Waals surface area contributed by atoms with Crippen molar-refractivity contribution in [2.45, 2.75) is 18.7 Å². The summed E-state index contributed by atoms with van der Waals surface area (Å²) in [4.78, 5) is 12.1. The van der Waals surface area contributed by atoms with E-state index in [2.05, 4.69) is 0 Å². The summed E-state index contributed by atoms with van der Waals surface area (Å²) in [5.74, 6) is 0.440. The van der Waals surface area contributed by atoms with Crippen LogP contribution in [-0.4, -0.2) is 5.78 Å². The fourth-order valence-electron chi connectivity index (χ4n) is 2.34. The van der Waals surface area contributed by atoms with E-state index in [-0.39, 0.29) is 12.2 Å². The molecule has 0 fully saturated rings. The van der Waals surface area contributed by atoms with Gasteiger partial charge in [0, 0.05) is 12.0 Å². The first-order valence-electron chi connectivity index (χ1n) is 6.39. The number of halogens is 3. The number of alkyl halides is 3. The molecule has 0 saturated heterocycles. The van der Waals surface area contributed by atoms with Crippen LogP contribution in [0.1, 0.15) is 22.8 Å². The lowest BCUT2D eigenvalue weighted by atomic mass is 9.95. The Morgan fingerprint density at radius 3 is 2.33 bits per heavy atom. The number of hydrogen-bond acceptors (Lipinski definition) is 2. The summed E-state index contributed by atoms with van der Waals surface area (Å²) in [6, 6.07) is 11.7. The van der Waals surface area contributed by atoms with Gasteiger partial charge in [0.15, 0.2) is 11.9 Å². The number of fused-ring (bicyclic) bond motifs is 1. The third-order valence-corrected chi connectivity index (χ3v) is 3.42. The van der Waals surface area contributed by atoms with Gasteiger partial charge in [0.25, 0.3) is 0 Å². The minimum Gasteiger partial charge on any atom is -0.478 e. The van der Waals surface area contributed by atoms with Crippen molar-refractivity contribution < 1.29 is 22.7 Å². The summed E-state index contributed by atoms with van der Waals surface area (Å²) in [5.41, 5.74) is 0.489. The molecule has 2 aromatic carbocycles. The van der Waals surface area contributed by atoms with Crippen molar-refractivity contribution >= 4 is 5.78 Å². The molecule has 0 radical (unpaired) electrons. The maximum Gasteiger partial charge on any atom is 0.416 e. The number of rotatable bonds is 1. The lowest BCUT2D eigenvalue weighted by molar-refractivity contribution is -0.137. The number of carbonyl (C=O) groups is 1. The molecular weight excluding hydrogens is 281 g/mol. The molecule has 0 aliphatic carbocycles. The molecule has 21 heavy (non-hydrogen) atoms. The van der Waals surface area contributed by atoms with Crippen molar-refractivity contribution in [3.63, 3.8) is 0 Å². The van der Waals surface area contributed by atoms with E-state index in [1.54, 1.807) is 18.2 Å². The van der Waals surface area contributed by atoms with Crippen molar-refractivity contribution in [2.24, 2.45) is 0 Å². The Bertz CT molecular complexity index is 675. The fraction of sp³-hybridized carbons (Fsp3) is 0.188. The van der Waals surface area contributed by atoms with Crippen LogP contribution in [0.25, 0.3) is 0 Å². The first-order valence-corrected chi connectivity index (χ1v) is 6.39. The summed E-state index contributed by atoms with van der Waals surface area (Å²) in [6.45, 7) is 0. The summed E-state index contributed by atoms with van der Waals surface area (Å²) < 4.78 is 43.2. The molecule has 1 aliphatic heterocycles. The molecule has 2 aromatic rings. The smallest absolute Gasteiger partial charge is 0.416 e. The zero-order valence-electron chi connectivity index (χ0n) is 10.9. The van der Waals surface area contributed by atoms with E-state index in [1.165, 1.54) is 12.1 Å². The highest BCUT2D eigenvalue weighted by Gasteiger charge is 2.32. The predicted molar refractivity (Wildman–Crippen MR) is 70.0 cm³/mol.